The van der Waals surface area contributed by atoms with Crippen LogP contribution in [0.5, 0.6) is 0 Å². The molecular formula is C14H22Si. The maximum absolute atomic E-state index is 2.51. The van der Waals surface area contributed by atoms with E-state index in [1.807, 2.05) is 0 Å². The van der Waals surface area contributed by atoms with Crippen molar-refractivity contribution in [2.45, 2.75) is 44.9 Å². The summed E-state index contributed by atoms with van der Waals surface area (Å²) in [5.74, 6) is 0. The van der Waals surface area contributed by atoms with Gasteiger partial charge in [0.1, 0.15) is 0 Å². The van der Waals surface area contributed by atoms with Gasteiger partial charge in [-0.2, -0.15) is 0 Å². The third kappa shape index (κ3) is 1.40. The molecule has 0 amide bonds. The highest BCUT2D eigenvalue weighted by atomic mass is 28.3. The Morgan fingerprint density at radius 3 is 1.80 bits per heavy atom. The van der Waals surface area contributed by atoms with Crippen LogP contribution in [-0.2, 0) is 5.04 Å². The van der Waals surface area contributed by atoms with Crippen LogP contribution in [0.4, 0.5) is 0 Å². The Morgan fingerprint density at radius 1 is 1.00 bits per heavy atom. The maximum Gasteiger partial charge on any atom is 0.0564 e. The molecule has 0 N–H and O–H groups in total. The van der Waals surface area contributed by atoms with Crippen LogP contribution in [0.2, 0.25) is 19.6 Å². The fourth-order valence-corrected chi connectivity index (χ4v) is 7.58. The number of rotatable bonds is 2. The Hall–Kier alpha value is -0.563. The van der Waals surface area contributed by atoms with Crippen molar-refractivity contribution in [2.75, 3.05) is 0 Å². The van der Waals surface area contributed by atoms with Crippen molar-refractivity contribution < 1.29 is 0 Å². The van der Waals surface area contributed by atoms with Crippen LogP contribution in [0.1, 0.15) is 25.8 Å². The SMILES string of the molecule is CC1(C)CC1(c1ccccc1)[Si](C)(C)C. The highest BCUT2D eigenvalue weighted by Gasteiger charge is 2.67. The molecule has 1 atom stereocenters. The molecule has 1 aliphatic rings. The molecule has 1 fully saturated rings. The molecule has 1 unspecified atom stereocenters. The molecule has 1 heteroatoms. The van der Waals surface area contributed by atoms with E-state index in [1.54, 1.807) is 5.56 Å². The van der Waals surface area contributed by atoms with Gasteiger partial charge in [-0.1, -0.05) is 63.8 Å². The van der Waals surface area contributed by atoms with E-state index in [4.69, 9.17) is 0 Å². The number of hydrogen-bond acceptors (Lipinski definition) is 0. The summed E-state index contributed by atoms with van der Waals surface area (Å²) in [7, 11) is -1.15. The van der Waals surface area contributed by atoms with E-state index in [1.165, 1.54) is 6.42 Å². The summed E-state index contributed by atoms with van der Waals surface area (Å²) in [6, 6.07) is 11.1. The molecule has 0 aliphatic heterocycles. The largest absolute Gasteiger partial charge is 0.0688 e. The van der Waals surface area contributed by atoms with Crippen molar-refractivity contribution in [1.29, 1.82) is 0 Å². The predicted molar refractivity (Wildman–Crippen MR) is 69.9 cm³/mol. The van der Waals surface area contributed by atoms with Gasteiger partial charge in [0.25, 0.3) is 0 Å². The van der Waals surface area contributed by atoms with Crippen LogP contribution in [-0.4, -0.2) is 8.07 Å². The van der Waals surface area contributed by atoms with E-state index >= 15 is 0 Å². The van der Waals surface area contributed by atoms with Crippen LogP contribution in [0.25, 0.3) is 0 Å². The summed E-state index contributed by atoms with van der Waals surface area (Å²) < 4.78 is 0. The van der Waals surface area contributed by atoms with Crippen LogP contribution in [0.3, 0.4) is 0 Å². The zero-order chi connectivity index (χ0) is 11.3. The molecule has 1 aromatic carbocycles. The standard InChI is InChI=1S/C14H22Si/c1-13(2)11-14(13,15(3,4)5)12-9-7-6-8-10-12/h6-10H,11H2,1-5H3. The topological polar surface area (TPSA) is 0 Å². The fourth-order valence-electron chi connectivity index (χ4n) is 3.55. The molecule has 1 aromatic rings. The second-order valence-corrected chi connectivity index (χ2v) is 11.9. The second kappa shape index (κ2) is 2.97. The van der Waals surface area contributed by atoms with Crippen LogP contribution >= 0.6 is 0 Å². The summed E-state index contributed by atoms with van der Waals surface area (Å²) in [5.41, 5.74) is 2.09. The molecule has 0 nitrogen and oxygen atoms in total. The summed E-state index contributed by atoms with van der Waals surface area (Å²) in [5, 5.41) is 0.515. The molecule has 0 aromatic heterocycles. The summed E-state index contributed by atoms with van der Waals surface area (Å²) >= 11 is 0. The molecule has 0 saturated heterocycles. The number of benzene rings is 1. The first-order valence-corrected chi connectivity index (χ1v) is 9.37. The van der Waals surface area contributed by atoms with E-state index in [2.05, 4.69) is 63.8 Å². The van der Waals surface area contributed by atoms with E-state index in [0.717, 1.165) is 0 Å². The minimum atomic E-state index is -1.15. The van der Waals surface area contributed by atoms with Gasteiger partial charge in [-0.05, 0) is 22.4 Å². The van der Waals surface area contributed by atoms with Crippen molar-refractivity contribution in [3.63, 3.8) is 0 Å². The van der Waals surface area contributed by atoms with Crippen molar-refractivity contribution >= 4 is 8.07 Å². The first-order valence-electron chi connectivity index (χ1n) is 5.87. The quantitative estimate of drug-likeness (QED) is 0.652. The summed E-state index contributed by atoms with van der Waals surface area (Å²) in [6.45, 7) is 12.4. The normalized spacial score (nSPS) is 28.9. The molecule has 1 saturated carbocycles. The van der Waals surface area contributed by atoms with Gasteiger partial charge in [-0.3, -0.25) is 0 Å². The Morgan fingerprint density at radius 2 is 1.47 bits per heavy atom. The van der Waals surface area contributed by atoms with Crippen molar-refractivity contribution in [2.24, 2.45) is 5.41 Å². The zero-order valence-corrected chi connectivity index (χ0v) is 11.6. The van der Waals surface area contributed by atoms with Crippen LogP contribution in [0.15, 0.2) is 30.3 Å². The minimum absolute atomic E-state index is 0.513. The second-order valence-electron chi connectivity index (χ2n) is 6.58. The third-order valence-corrected chi connectivity index (χ3v) is 7.99. The Kier molecular flexibility index (Phi) is 2.17. The van der Waals surface area contributed by atoms with E-state index in [0.29, 0.717) is 10.5 Å². The van der Waals surface area contributed by atoms with Gasteiger partial charge >= 0.3 is 0 Å². The maximum atomic E-state index is 2.51. The Bertz CT molecular complexity index is 359. The van der Waals surface area contributed by atoms with E-state index in [9.17, 15) is 0 Å². The third-order valence-electron chi connectivity index (χ3n) is 4.28. The molecule has 15 heavy (non-hydrogen) atoms. The molecule has 0 radical (unpaired) electrons. The average molecular weight is 218 g/mol. The fraction of sp³-hybridized carbons (Fsp3) is 0.571. The minimum Gasteiger partial charge on any atom is -0.0688 e. The first kappa shape index (κ1) is 10.9. The van der Waals surface area contributed by atoms with Gasteiger partial charge in [0.15, 0.2) is 0 Å². The van der Waals surface area contributed by atoms with Gasteiger partial charge in [0.2, 0.25) is 0 Å². The van der Waals surface area contributed by atoms with Gasteiger partial charge in [0.05, 0.1) is 8.07 Å². The lowest BCUT2D eigenvalue weighted by molar-refractivity contribution is 0.582. The van der Waals surface area contributed by atoms with Gasteiger partial charge in [-0.15, -0.1) is 0 Å². The lowest BCUT2D eigenvalue weighted by atomic mass is 10.0. The smallest absolute Gasteiger partial charge is 0.0564 e. The summed E-state index contributed by atoms with van der Waals surface area (Å²) in [6.07, 6.45) is 1.37. The van der Waals surface area contributed by atoms with Crippen LogP contribution < -0.4 is 0 Å². The predicted octanol–water partition coefficient (Wildman–Crippen LogP) is 4.23. The van der Waals surface area contributed by atoms with Crippen molar-refractivity contribution in [3.8, 4) is 0 Å². The average Bonchev–Trinajstić information content (AvgIpc) is 2.72. The van der Waals surface area contributed by atoms with Crippen molar-refractivity contribution in [1.82, 2.24) is 0 Å². The lowest BCUT2D eigenvalue weighted by Gasteiger charge is -2.33. The molecular weight excluding hydrogens is 196 g/mol. The lowest BCUT2D eigenvalue weighted by Crippen LogP contribution is -2.41. The number of hydrogen-bond donors (Lipinski definition) is 0. The highest BCUT2D eigenvalue weighted by Crippen LogP contribution is 2.68. The molecule has 82 valence electrons. The monoisotopic (exact) mass is 218 g/mol. The Labute approximate surface area is 94.7 Å². The molecule has 0 spiro atoms. The van der Waals surface area contributed by atoms with Crippen LogP contribution in [0, 0.1) is 5.41 Å². The highest BCUT2D eigenvalue weighted by molar-refractivity contribution is 6.80. The molecule has 0 heterocycles. The summed E-state index contributed by atoms with van der Waals surface area (Å²) in [4.78, 5) is 0. The van der Waals surface area contributed by atoms with E-state index in [-0.39, 0.29) is 0 Å². The molecule has 1 aliphatic carbocycles. The van der Waals surface area contributed by atoms with Gasteiger partial charge < -0.3 is 0 Å². The Balaban J connectivity index is 2.49. The van der Waals surface area contributed by atoms with Gasteiger partial charge in [0, 0.05) is 0 Å². The van der Waals surface area contributed by atoms with Crippen molar-refractivity contribution in [3.05, 3.63) is 35.9 Å². The van der Waals surface area contributed by atoms with E-state index < -0.39 is 8.07 Å². The molecule has 0 bridgehead atoms. The van der Waals surface area contributed by atoms with Gasteiger partial charge in [-0.25, -0.2) is 0 Å². The molecule has 2 rings (SSSR count). The first-order chi connectivity index (χ1) is 6.81. The zero-order valence-electron chi connectivity index (χ0n) is 10.6.